The first-order valence-corrected chi connectivity index (χ1v) is 9.63. The number of thiazole rings is 1. The number of H-pyrrole nitrogens is 1. The fraction of sp³-hybridized carbons (Fsp3) is 0.444. The number of aromatic amines is 1. The molecule has 1 aliphatic heterocycles. The summed E-state index contributed by atoms with van der Waals surface area (Å²) in [7, 11) is 0. The van der Waals surface area contributed by atoms with Crippen LogP contribution in [0.1, 0.15) is 29.9 Å². The number of rotatable bonds is 5. The minimum Gasteiger partial charge on any atom is -0.341 e. The molecule has 0 aliphatic carbocycles. The summed E-state index contributed by atoms with van der Waals surface area (Å²) in [6.45, 7) is 5.23. The van der Waals surface area contributed by atoms with E-state index in [0.717, 1.165) is 49.0 Å². The van der Waals surface area contributed by atoms with Gasteiger partial charge in [-0.15, -0.1) is 11.3 Å². The molecule has 0 saturated carbocycles. The molecule has 4 heterocycles. The summed E-state index contributed by atoms with van der Waals surface area (Å²) in [5.74, 6) is 1.45. The normalized spacial score (nSPS) is 18.5. The number of nitrogens with one attached hydrogen (secondary N) is 1. The van der Waals surface area contributed by atoms with Gasteiger partial charge in [-0.2, -0.15) is 0 Å². The molecule has 130 valence electrons. The molecule has 1 atom stereocenters. The monoisotopic (exact) mass is 354 g/mol. The molecule has 1 aliphatic rings. The quantitative estimate of drug-likeness (QED) is 0.762. The van der Waals surface area contributed by atoms with E-state index in [1.54, 1.807) is 17.7 Å². The van der Waals surface area contributed by atoms with Crippen LogP contribution in [0.25, 0.3) is 11.5 Å². The molecule has 4 rings (SSSR count). The van der Waals surface area contributed by atoms with Crippen LogP contribution in [0.5, 0.6) is 0 Å². The van der Waals surface area contributed by atoms with E-state index in [0.29, 0.717) is 5.92 Å². The van der Waals surface area contributed by atoms with Crippen molar-refractivity contribution in [1.82, 2.24) is 29.8 Å². The molecule has 1 saturated heterocycles. The van der Waals surface area contributed by atoms with E-state index in [9.17, 15) is 0 Å². The fourth-order valence-electron chi connectivity index (χ4n) is 3.48. The fourth-order valence-corrected chi connectivity index (χ4v) is 4.03. The molecule has 3 aromatic heterocycles. The molecule has 1 fully saturated rings. The van der Waals surface area contributed by atoms with E-state index in [4.69, 9.17) is 0 Å². The van der Waals surface area contributed by atoms with Crippen LogP contribution in [0.15, 0.2) is 29.5 Å². The summed E-state index contributed by atoms with van der Waals surface area (Å²) >= 11 is 1.67. The van der Waals surface area contributed by atoms with Crippen molar-refractivity contribution in [3.05, 3.63) is 46.6 Å². The van der Waals surface area contributed by atoms with Crippen molar-refractivity contribution in [3.8, 4) is 11.5 Å². The average molecular weight is 354 g/mol. The average Bonchev–Trinajstić information content (AvgIpc) is 3.27. The predicted molar refractivity (Wildman–Crippen MR) is 98.2 cm³/mol. The van der Waals surface area contributed by atoms with Gasteiger partial charge in [0.2, 0.25) is 0 Å². The molecular weight excluding hydrogens is 332 g/mol. The lowest BCUT2D eigenvalue weighted by Crippen LogP contribution is -2.35. The summed E-state index contributed by atoms with van der Waals surface area (Å²) in [6, 6.07) is 2.07. The number of hydrogen-bond acceptors (Lipinski definition) is 6. The van der Waals surface area contributed by atoms with Gasteiger partial charge in [0.05, 0.1) is 11.2 Å². The van der Waals surface area contributed by atoms with Crippen LogP contribution in [0.4, 0.5) is 0 Å². The highest BCUT2D eigenvalue weighted by atomic mass is 32.1. The van der Waals surface area contributed by atoms with Gasteiger partial charge in [-0.1, -0.05) is 0 Å². The second-order valence-electron chi connectivity index (χ2n) is 6.74. The molecule has 0 unspecified atom stereocenters. The van der Waals surface area contributed by atoms with E-state index in [2.05, 4.69) is 41.3 Å². The van der Waals surface area contributed by atoms with E-state index in [1.807, 2.05) is 18.6 Å². The molecule has 0 bridgehead atoms. The van der Waals surface area contributed by atoms with Crippen LogP contribution in [-0.2, 0) is 13.0 Å². The third-order valence-electron chi connectivity index (χ3n) is 4.64. The van der Waals surface area contributed by atoms with Gasteiger partial charge in [-0.3, -0.25) is 4.90 Å². The van der Waals surface area contributed by atoms with E-state index >= 15 is 0 Å². The summed E-state index contributed by atoms with van der Waals surface area (Å²) < 4.78 is 0. The Hall–Kier alpha value is -2.12. The Morgan fingerprint density at radius 1 is 1.24 bits per heavy atom. The van der Waals surface area contributed by atoms with Gasteiger partial charge in [0, 0.05) is 36.1 Å². The molecular formula is C18H22N6S. The maximum absolute atomic E-state index is 4.48. The lowest BCUT2D eigenvalue weighted by molar-refractivity contribution is 0.165. The minimum atomic E-state index is 0.633. The second kappa shape index (κ2) is 7.41. The number of aryl methyl sites for hydroxylation is 1. The van der Waals surface area contributed by atoms with Gasteiger partial charge in [-0.25, -0.2) is 19.9 Å². The molecule has 3 aromatic rings. The first kappa shape index (κ1) is 16.4. The molecule has 6 nitrogen and oxygen atoms in total. The summed E-state index contributed by atoms with van der Waals surface area (Å²) in [6.07, 6.45) is 6.96. The molecule has 25 heavy (non-hydrogen) atoms. The molecule has 0 amide bonds. The SMILES string of the molecule is Cc1cnc(-c2cc(C[C@H]3CCCN(Cc4cscn4)C3)ncn2)[nH]1. The summed E-state index contributed by atoms with van der Waals surface area (Å²) in [4.78, 5) is 23.4. The molecule has 1 N–H and O–H groups in total. The van der Waals surface area contributed by atoms with Crippen molar-refractivity contribution < 1.29 is 0 Å². The van der Waals surface area contributed by atoms with Crippen LogP contribution in [0, 0.1) is 12.8 Å². The maximum Gasteiger partial charge on any atom is 0.156 e. The smallest absolute Gasteiger partial charge is 0.156 e. The summed E-state index contributed by atoms with van der Waals surface area (Å²) in [5, 5.41) is 2.14. The van der Waals surface area contributed by atoms with Crippen molar-refractivity contribution in [1.29, 1.82) is 0 Å². The molecule has 0 spiro atoms. The molecule has 7 heteroatoms. The summed E-state index contributed by atoms with van der Waals surface area (Å²) in [5.41, 5.74) is 6.10. The number of hydrogen-bond donors (Lipinski definition) is 1. The zero-order chi connectivity index (χ0) is 17.1. The van der Waals surface area contributed by atoms with Gasteiger partial charge in [0.1, 0.15) is 12.0 Å². The number of imidazole rings is 1. The Morgan fingerprint density at radius 3 is 3.00 bits per heavy atom. The highest BCUT2D eigenvalue weighted by Gasteiger charge is 2.21. The predicted octanol–water partition coefficient (Wildman–Crippen LogP) is 3.09. The minimum absolute atomic E-state index is 0.633. The van der Waals surface area contributed by atoms with Crippen molar-refractivity contribution in [3.63, 3.8) is 0 Å². The standard InChI is InChI=1S/C18H22N6S/c1-13-7-19-18(23-13)17-6-15(20-11-21-17)5-14-3-2-4-24(8-14)9-16-10-25-12-22-16/h6-7,10-12,14H,2-5,8-9H2,1H3,(H,19,23)/t14-/m1/s1. The largest absolute Gasteiger partial charge is 0.341 e. The lowest BCUT2D eigenvalue weighted by atomic mass is 9.93. The number of aromatic nitrogens is 5. The first-order chi connectivity index (χ1) is 12.3. The number of nitrogens with zero attached hydrogens (tertiary/aromatic N) is 5. The van der Waals surface area contributed by atoms with Crippen molar-refractivity contribution in [2.75, 3.05) is 13.1 Å². The van der Waals surface area contributed by atoms with Gasteiger partial charge in [0.15, 0.2) is 5.82 Å². The Balaban J connectivity index is 1.41. The zero-order valence-corrected chi connectivity index (χ0v) is 15.2. The van der Waals surface area contributed by atoms with E-state index in [1.165, 1.54) is 18.5 Å². The Bertz CT molecular complexity index is 813. The van der Waals surface area contributed by atoms with Gasteiger partial charge < -0.3 is 4.98 Å². The van der Waals surface area contributed by atoms with Gasteiger partial charge >= 0.3 is 0 Å². The van der Waals surface area contributed by atoms with Crippen molar-refractivity contribution >= 4 is 11.3 Å². The number of likely N-dealkylation sites (tertiary alicyclic amines) is 1. The molecule has 0 radical (unpaired) electrons. The van der Waals surface area contributed by atoms with Crippen molar-refractivity contribution in [2.24, 2.45) is 5.92 Å². The van der Waals surface area contributed by atoms with Crippen LogP contribution >= 0.6 is 11.3 Å². The van der Waals surface area contributed by atoms with Crippen LogP contribution in [0.3, 0.4) is 0 Å². The van der Waals surface area contributed by atoms with Crippen LogP contribution < -0.4 is 0 Å². The highest BCUT2D eigenvalue weighted by Crippen LogP contribution is 2.23. The number of piperidine rings is 1. The van der Waals surface area contributed by atoms with Crippen LogP contribution in [-0.4, -0.2) is 42.9 Å². The van der Waals surface area contributed by atoms with E-state index < -0.39 is 0 Å². The second-order valence-corrected chi connectivity index (χ2v) is 7.46. The Kier molecular flexibility index (Phi) is 4.85. The lowest BCUT2D eigenvalue weighted by Gasteiger charge is -2.32. The first-order valence-electron chi connectivity index (χ1n) is 8.68. The van der Waals surface area contributed by atoms with Crippen molar-refractivity contribution in [2.45, 2.75) is 32.7 Å². The molecule has 0 aromatic carbocycles. The third-order valence-corrected chi connectivity index (χ3v) is 5.27. The van der Waals surface area contributed by atoms with Crippen LogP contribution in [0.2, 0.25) is 0 Å². The topological polar surface area (TPSA) is 70.6 Å². The maximum atomic E-state index is 4.48. The Morgan fingerprint density at radius 2 is 2.20 bits per heavy atom. The third kappa shape index (κ3) is 4.11. The van der Waals surface area contributed by atoms with Gasteiger partial charge in [-0.05, 0) is 44.7 Å². The van der Waals surface area contributed by atoms with Gasteiger partial charge in [0.25, 0.3) is 0 Å². The van der Waals surface area contributed by atoms with E-state index in [-0.39, 0.29) is 0 Å². The Labute approximate surface area is 151 Å². The zero-order valence-electron chi connectivity index (χ0n) is 14.4. The highest BCUT2D eigenvalue weighted by molar-refractivity contribution is 7.07.